The van der Waals surface area contributed by atoms with Crippen molar-refractivity contribution in [1.29, 1.82) is 0 Å². The standard InChI is InChI=1S/C16H11F3N2O5/c17-16(18,19)12-3-1-2-4-13(12)20-14(22)9-26-15(23)10-5-7-11(8-6-10)21(24)25/h1-8H,9H2,(H,20,22). The first kappa shape index (κ1) is 18.9. The van der Waals surface area contributed by atoms with Gasteiger partial charge in [0.15, 0.2) is 6.61 Å². The number of nitrogens with zero attached hydrogens (tertiary/aromatic N) is 1. The lowest BCUT2D eigenvalue weighted by Gasteiger charge is -2.13. The number of ether oxygens (including phenoxy) is 1. The molecule has 1 amide bonds. The molecule has 0 aliphatic rings. The molecule has 136 valence electrons. The van der Waals surface area contributed by atoms with Gasteiger partial charge in [-0.25, -0.2) is 4.79 Å². The van der Waals surface area contributed by atoms with E-state index in [9.17, 15) is 32.9 Å². The topological polar surface area (TPSA) is 98.5 Å². The van der Waals surface area contributed by atoms with Crippen LogP contribution in [0.4, 0.5) is 24.5 Å². The van der Waals surface area contributed by atoms with E-state index in [2.05, 4.69) is 4.74 Å². The molecule has 2 rings (SSSR count). The number of amides is 1. The molecule has 0 spiro atoms. The molecule has 26 heavy (non-hydrogen) atoms. The van der Waals surface area contributed by atoms with Crippen molar-refractivity contribution in [2.45, 2.75) is 6.18 Å². The number of benzene rings is 2. The Morgan fingerprint density at radius 3 is 2.27 bits per heavy atom. The van der Waals surface area contributed by atoms with Crippen LogP contribution >= 0.6 is 0 Å². The number of hydrogen-bond acceptors (Lipinski definition) is 5. The van der Waals surface area contributed by atoms with E-state index in [0.29, 0.717) is 0 Å². The molecule has 0 aliphatic heterocycles. The Kier molecular flexibility index (Phi) is 5.55. The summed E-state index contributed by atoms with van der Waals surface area (Å²) in [4.78, 5) is 33.4. The van der Waals surface area contributed by atoms with E-state index < -0.39 is 40.8 Å². The van der Waals surface area contributed by atoms with Crippen molar-refractivity contribution in [1.82, 2.24) is 0 Å². The second-order valence-corrected chi connectivity index (χ2v) is 4.97. The lowest BCUT2D eigenvalue weighted by molar-refractivity contribution is -0.384. The van der Waals surface area contributed by atoms with Crippen LogP contribution in [-0.4, -0.2) is 23.4 Å². The fourth-order valence-corrected chi connectivity index (χ4v) is 1.96. The molecule has 1 N–H and O–H groups in total. The van der Waals surface area contributed by atoms with Gasteiger partial charge in [-0.05, 0) is 24.3 Å². The highest BCUT2D eigenvalue weighted by molar-refractivity contribution is 5.96. The monoisotopic (exact) mass is 368 g/mol. The predicted molar refractivity (Wildman–Crippen MR) is 83.5 cm³/mol. The molecule has 0 radical (unpaired) electrons. The van der Waals surface area contributed by atoms with Crippen molar-refractivity contribution in [2.24, 2.45) is 0 Å². The third-order valence-corrected chi connectivity index (χ3v) is 3.15. The van der Waals surface area contributed by atoms with Crippen molar-refractivity contribution in [3.63, 3.8) is 0 Å². The maximum absolute atomic E-state index is 12.8. The maximum Gasteiger partial charge on any atom is 0.418 e. The molecule has 0 unspecified atom stereocenters. The fraction of sp³-hybridized carbons (Fsp3) is 0.125. The molecule has 0 atom stereocenters. The number of nitro benzene ring substituents is 1. The van der Waals surface area contributed by atoms with Crippen LogP contribution < -0.4 is 5.32 Å². The van der Waals surface area contributed by atoms with E-state index in [1.165, 1.54) is 12.1 Å². The highest BCUT2D eigenvalue weighted by Gasteiger charge is 2.33. The van der Waals surface area contributed by atoms with Crippen LogP contribution in [0, 0.1) is 10.1 Å². The number of rotatable bonds is 5. The number of para-hydroxylation sites is 1. The minimum atomic E-state index is -4.65. The first-order valence-corrected chi connectivity index (χ1v) is 7.06. The van der Waals surface area contributed by atoms with Gasteiger partial charge < -0.3 is 10.1 Å². The van der Waals surface area contributed by atoms with E-state index in [-0.39, 0.29) is 11.3 Å². The lowest BCUT2D eigenvalue weighted by atomic mass is 10.1. The molecule has 0 saturated heterocycles. The number of alkyl halides is 3. The van der Waals surface area contributed by atoms with E-state index in [4.69, 9.17) is 0 Å². The number of carbonyl (C=O) groups excluding carboxylic acids is 2. The summed E-state index contributed by atoms with van der Waals surface area (Å²) in [6.07, 6.45) is -4.65. The molecule has 0 fully saturated rings. The number of esters is 1. The number of halogens is 3. The number of hydrogen-bond donors (Lipinski definition) is 1. The van der Waals surface area contributed by atoms with Gasteiger partial charge in [-0.15, -0.1) is 0 Å². The molecule has 0 bridgehead atoms. The van der Waals surface area contributed by atoms with Gasteiger partial charge in [0, 0.05) is 12.1 Å². The number of nitro groups is 1. The molecule has 2 aromatic rings. The Morgan fingerprint density at radius 1 is 1.08 bits per heavy atom. The summed E-state index contributed by atoms with van der Waals surface area (Å²) >= 11 is 0. The predicted octanol–water partition coefficient (Wildman–Crippen LogP) is 3.41. The Morgan fingerprint density at radius 2 is 1.69 bits per heavy atom. The average molecular weight is 368 g/mol. The van der Waals surface area contributed by atoms with Crippen LogP contribution in [0.25, 0.3) is 0 Å². The van der Waals surface area contributed by atoms with E-state index in [1.807, 2.05) is 5.32 Å². The highest BCUT2D eigenvalue weighted by Crippen LogP contribution is 2.34. The molecule has 7 nitrogen and oxygen atoms in total. The minimum absolute atomic E-state index is 0.0425. The summed E-state index contributed by atoms with van der Waals surface area (Å²) in [7, 11) is 0. The molecule has 0 aliphatic carbocycles. The summed E-state index contributed by atoms with van der Waals surface area (Å²) in [5, 5.41) is 12.5. The maximum atomic E-state index is 12.8. The SMILES string of the molecule is O=C(COC(=O)c1ccc([N+](=O)[O-])cc1)Nc1ccccc1C(F)(F)F. The molecule has 2 aromatic carbocycles. The smallest absolute Gasteiger partial charge is 0.418 e. The van der Waals surface area contributed by atoms with Crippen molar-refractivity contribution in [3.05, 3.63) is 69.8 Å². The van der Waals surface area contributed by atoms with Crippen molar-refractivity contribution in [2.75, 3.05) is 11.9 Å². The van der Waals surface area contributed by atoms with Gasteiger partial charge in [0.1, 0.15) is 0 Å². The van der Waals surface area contributed by atoms with Gasteiger partial charge in [0.2, 0.25) is 0 Å². The quantitative estimate of drug-likeness (QED) is 0.495. The highest BCUT2D eigenvalue weighted by atomic mass is 19.4. The average Bonchev–Trinajstić information content (AvgIpc) is 2.59. The zero-order valence-corrected chi connectivity index (χ0v) is 12.9. The van der Waals surface area contributed by atoms with Crippen molar-refractivity contribution < 1.29 is 32.4 Å². The van der Waals surface area contributed by atoms with Gasteiger partial charge in [-0.3, -0.25) is 14.9 Å². The van der Waals surface area contributed by atoms with Gasteiger partial charge in [-0.2, -0.15) is 13.2 Å². The zero-order valence-electron chi connectivity index (χ0n) is 12.9. The number of carbonyl (C=O) groups is 2. The molecular formula is C16H11F3N2O5. The zero-order chi connectivity index (χ0) is 19.3. The van der Waals surface area contributed by atoms with Crippen LogP contribution in [0.2, 0.25) is 0 Å². The minimum Gasteiger partial charge on any atom is -0.452 e. The van der Waals surface area contributed by atoms with E-state index >= 15 is 0 Å². The molecular weight excluding hydrogens is 357 g/mol. The Bertz CT molecular complexity index is 835. The van der Waals surface area contributed by atoms with Crippen LogP contribution in [0.5, 0.6) is 0 Å². The Balaban J connectivity index is 1.97. The normalized spacial score (nSPS) is 10.9. The van der Waals surface area contributed by atoms with E-state index in [0.717, 1.165) is 36.4 Å². The van der Waals surface area contributed by atoms with Crippen LogP contribution in [0.1, 0.15) is 15.9 Å². The first-order chi connectivity index (χ1) is 12.2. The lowest BCUT2D eigenvalue weighted by Crippen LogP contribution is -2.22. The summed E-state index contributed by atoms with van der Waals surface area (Å²) in [5.74, 6) is -1.91. The third-order valence-electron chi connectivity index (χ3n) is 3.15. The Labute approximate surface area is 144 Å². The summed E-state index contributed by atoms with van der Waals surface area (Å²) < 4.78 is 43.2. The van der Waals surface area contributed by atoms with Gasteiger partial charge >= 0.3 is 12.1 Å². The van der Waals surface area contributed by atoms with Crippen molar-refractivity contribution in [3.8, 4) is 0 Å². The van der Waals surface area contributed by atoms with Crippen LogP contribution in [0.3, 0.4) is 0 Å². The second-order valence-electron chi connectivity index (χ2n) is 4.97. The second kappa shape index (κ2) is 7.64. The number of non-ortho nitro benzene ring substituents is 1. The van der Waals surface area contributed by atoms with Crippen LogP contribution in [-0.2, 0) is 15.7 Å². The largest absolute Gasteiger partial charge is 0.452 e. The van der Waals surface area contributed by atoms with Gasteiger partial charge in [0.25, 0.3) is 11.6 Å². The molecule has 0 saturated carbocycles. The number of nitrogens with one attached hydrogen (secondary N) is 1. The summed E-state index contributed by atoms with van der Waals surface area (Å²) in [5.41, 5.74) is -1.77. The summed E-state index contributed by atoms with van der Waals surface area (Å²) in [6, 6.07) is 8.79. The van der Waals surface area contributed by atoms with Gasteiger partial charge in [0.05, 0.1) is 21.7 Å². The first-order valence-electron chi connectivity index (χ1n) is 7.06. The summed E-state index contributed by atoms with van der Waals surface area (Å²) in [6.45, 7) is -0.817. The molecule has 0 heterocycles. The van der Waals surface area contributed by atoms with Crippen LogP contribution in [0.15, 0.2) is 48.5 Å². The molecule has 10 heteroatoms. The molecule has 0 aromatic heterocycles. The third kappa shape index (κ3) is 4.79. The number of anilines is 1. The van der Waals surface area contributed by atoms with Gasteiger partial charge in [-0.1, -0.05) is 12.1 Å². The Hall–Kier alpha value is -3.43. The fourth-order valence-electron chi connectivity index (χ4n) is 1.96. The van der Waals surface area contributed by atoms with Crippen molar-refractivity contribution >= 4 is 23.3 Å². The van der Waals surface area contributed by atoms with E-state index in [1.54, 1.807) is 0 Å².